The molecular formula is C32H46FN3O. The first-order valence-electron chi connectivity index (χ1n) is 12.7. The van der Waals surface area contributed by atoms with Crippen molar-refractivity contribution in [2.45, 2.75) is 91.3 Å². The standard InChI is InChI=1S/C20H28N2.C11H14FNO.CH4/c1-4-9-19(15-22-3)18-11-8-10-17(14-18)16(2)20(21)12-6-5-7-13-20;1-7-9(11(3,4)12)5-6-13-10(7)8(2)14;/h4,8-11,14-16H,1,5-7,12-13,21H2,2-3H3;5-6H,1-4H3;1H4/b19-9+,22-15?;;. The Balaban J connectivity index is 0.000000396. The smallest absolute Gasteiger partial charge is 0.178 e. The highest BCUT2D eigenvalue weighted by molar-refractivity contribution is 6.10. The summed E-state index contributed by atoms with van der Waals surface area (Å²) in [6.07, 6.45) is 13.2. The monoisotopic (exact) mass is 507 g/mol. The van der Waals surface area contributed by atoms with Crippen molar-refractivity contribution in [3.63, 3.8) is 0 Å². The van der Waals surface area contributed by atoms with Crippen molar-refractivity contribution in [3.05, 3.63) is 83.2 Å². The molecule has 0 spiro atoms. The summed E-state index contributed by atoms with van der Waals surface area (Å²) >= 11 is 0. The molecule has 1 fully saturated rings. The molecule has 1 aliphatic carbocycles. The van der Waals surface area contributed by atoms with Crippen LogP contribution in [-0.2, 0) is 5.67 Å². The first-order valence-corrected chi connectivity index (χ1v) is 12.7. The third-order valence-corrected chi connectivity index (χ3v) is 7.11. The van der Waals surface area contributed by atoms with Crippen LogP contribution < -0.4 is 5.73 Å². The number of hydrogen-bond donors (Lipinski definition) is 1. The third-order valence-electron chi connectivity index (χ3n) is 7.11. The number of aromatic nitrogens is 1. The molecule has 4 nitrogen and oxygen atoms in total. The number of carbonyl (C=O) groups excluding carboxylic acids is 1. The molecule has 5 heteroatoms. The SMILES string of the molecule is C.C=C/C=C(\C=NC)c1cccc(C(C)C2(N)CCCCC2)c1.CC(=O)c1nccc(C(C)(C)F)c1C. The zero-order valence-electron chi connectivity index (χ0n) is 22.8. The van der Waals surface area contributed by atoms with Crippen LogP contribution in [-0.4, -0.2) is 29.6 Å². The Hall–Kier alpha value is -2.92. The van der Waals surface area contributed by atoms with E-state index in [9.17, 15) is 9.18 Å². The molecule has 1 aliphatic rings. The quantitative estimate of drug-likeness (QED) is 0.233. The molecule has 1 aromatic heterocycles. The van der Waals surface area contributed by atoms with Gasteiger partial charge in [0.05, 0.1) is 0 Å². The summed E-state index contributed by atoms with van der Waals surface area (Å²) in [6.45, 7) is 12.2. The second-order valence-corrected chi connectivity index (χ2v) is 10.2. The summed E-state index contributed by atoms with van der Waals surface area (Å²) in [5.41, 5.74) is 10.3. The van der Waals surface area contributed by atoms with E-state index in [-0.39, 0.29) is 18.7 Å². The fraction of sp³-hybridized carbons (Fsp3) is 0.469. The predicted octanol–water partition coefficient (Wildman–Crippen LogP) is 8.16. The second-order valence-electron chi connectivity index (χ2n) is 10.2. The molecule has 202 valence electrons. The number of benzene rings is 1. The number of Topliss-reactive ketones (excluding diaryl/α,β-unsaturated/α-hetero) is 1. The average molecular weight is 508 g/mol. The van der Waals surface area contributed by atoms with Crippen LogP contribution in [0.4, 0.5) is 4.39 Å². The molecule has 0 bridgehead atoms. The van der Waals surface area contributed by atoms with Gasteiger partial charge in [-0.25, -0.2) is 4.39 Å². The summed E-state index contributed by atoms with van der Waals surface area (Å²) in [5.74, 6) is 0.241. The molecule has 0 radical (unpaired) electrons. The van der Waals surface area contributed by atoms with Crippen LogP contribution in [0.25, 0.3) is 5.57 Å². The predicted molar refractivity (Wildman–Crippen MR) is 157 cm³/mol. The van der Waals surface area contributed by atoms with E-state index in [1.54, 1.807) is 26.1 Å². The Morgan fingerprint density at radius 1 is 1.24 bits per heavy atom. The van der Waals surface area contributed by atoms with E-state index in [1.165, 1.54) is 57.4 Å². The number of hydrogen-bond acceptors (Lipinski definition) is 4. The van der Waals surface area contributed by atoms with Gasteiger partial charge in [-0.2, -0.15) is 0 Å². The molecule has 0 aliphatic heterocycles. The minimum absolute atomic E-state index is 0. The van der Waals surface area contributed by atoms with E-state index in [4.69, 9.17) is 5.73 Å². The Bertz CT molecular complexity index is 1110. The molecule has 2 aromatic rings. The summed E-state index contributed by atoms with van der Waals surface area (Å²) < 4.78 is 13.7. The van der Waals surface area contributed by atoms with Gasteiger partial charge in [0.25, 0.3) is 0 Å². The molecule has 1 atom stereocenters. The number of allylic oxidation sites excluding steroid dienone is 3. The maximum atomic E-state index is 13.7. The maximum absolute atomic E-state index is 13.7. The molecule has 0 amide bonds. The number of alkyl halides is 1. The van der Waals surface area contributed by atoms with Gasteiger partial charge in [-0.3, -0.25) is 14.8 Å². The molecule has 1 heterocycles. The van der Waals surface area contributed by atoms with Crippen molar-refractivity contribution in [1.29, 1.82) is 0 Å². The number of ketones is 1. The van der Waals surface area contributed by atoms with Crippen molar-refractivity contribution in [1.82, 2.24) is 4.98 Å². The van der Waals surface area contributed by atoms with Gasteiger partial charge in [0.15, 0.2) is 5.78 Å². The Morgan fingerprint density at radius 3 is 2.43 bits per heavy atom. The van der Waals surface area contributed by atoms with Crippen LogP contribution in [0.1, 0.15) is 106 Å². The van der Waals surface area contributed by atoms with Crippen LogP contribution in [0.15, 0.2) is 60.3 Å². The van der Waals surface area contributed by atoms with E-state index in [0.29, 0.717) is 22.7 Å². The average Bonchev–Trinajstić information content (AvgIpc) is 2.83. The van der Waals surface area contributed by atoms with Crippen molar-refractivity contribution in [2.75, 3.05) is 7.05 Å². The lowest BCUT2D eigenvalue weighted by atomic mass is 9.71. The highest BCUT2D eigenvalue weighted by atomic mass is 19.1. The highest BCUT2D eigenvalue weighted by Crippen LogP contribution is 2.38. The molecule has 0 saturated heterocycles. The van der Waals surface area contributed by atoms with Crippen LogP contribution in [0, 0.1) is 6.92 Å². The zero-order chi connectivity index (χ0) is 26.9. The van der Waals surface area contributed by atoms with E-state index in [2.05, 4.69) is 47.7 Å². The van der Waals surface area contributed by atoms with Gasteiger partial charge in [-0.15, -0.1) is 0 Å². The zero-order valence-corrected chi connectivity index (χ0v) is 22.8. The second kappa shape index (κ2) is 14.1. The topological polar surface area (TPSA) is 68.3 Å². The molecule has 1 aromatic carbocycles. The number of nitrogens with two attached hydrogens (primary N) is 1. The van der Waals surface area contributed by atoms with Gasteiger partial charge < -0.3 is 5.73 Å². The number of pyridine rings is 1. The van der Waals surface area contributed by atoms with Crippen LogP contribution in [0.3, 0.4) is 0 Å². The first kappa shape index (κ1) is 32.1. The first-order chi connectivity index (χ1) is 16.9. The van der Waals surface area contributed by atoms with Gasteiger partial charge in [0.2, 0.25) is 0 Å². The van der Waals surface area contributed by atoms with Crippen molar-refractivity contribution < 1.29 is 9.18 Å². The van der Waals surface area contributed by atoms with Crippen molar-refractivity contribution in [2.24, 2.45) is 10.7 Å². The van der Waals surface area contributed by atoms with E-state index < -0.39 is 5.67 Å². The lowest BCUT2D eigenvalue weighted by Crippen LogP contribution is -2.46. The maximum Gasteiger partial charge on any atom is 0.178 e. The van der Waals surface area contributed by atoms with Crippen LogP contribution in [0.2, 0.25) is 0 Å². The van der Waals surface area contributed by atoms with Gasteiger partial charge >= 0.3 is 0 Å². The summed E-state index contributed by atoms with van der Waals surface area (Å²) in [6, 6.07) is 10.3. The number of rotatable bonds is 7. The Labute approximate surface area is 224 Å². The lowest BCUT2D eigenvalue weighted by molar-refractivity contribution is 0.101. The largest absolute Gasteiger partial charge is 0.325 e. The highest BCUT2D eigenvalue weighted by Gasteiger charge is 2.34. The Kier molecular flexibility index (Phi) is 12.3. The number of nitrogens with zero attached hydrogens (tertiary/aromatic N) is 2. The summed E-state index contributed by atoms with van der Waals surface area (Å²) in [5, 5.41) is 0. The number of aliphatic imine (C=N–C) groups is 1. The third kappa shape index (κ3) is 8.57. The Morgan fingerprint density at radius 2 is 1.89 bits per heavy atom. The van der Waals surface area contributed by atoms with E-state index in [1.807, 2.05) is 12.3 Å². The molecule has 1 unspecified atom stereocenters. The summed E-state index contributed by atoms with van der Waals surface area (Å²) in [4.78, 5) is 19.2. The molecule has 1 saturated carbocycles. The van der Waals surface area contributed by atoms with E-state index >= 15 is 0 Å². The number of halogens is 1. The normalized spacial score (nSPS) is 16.3. The van der Waals surface area contributed by atoms with Crippen LogP contribution in [0.5, 0.6) is 0 Å². The van der Waals surface area contributed by atoms with Gasteiger partial charge in [-0.05, 0) is 73.4 Å². The minimum atomic E-state index is -1.43. The fourth-order valence-electron chi connectivity index (χ4n) is 4.98. The van der Waals surface area contributed by atoms with Gasteiger partial charge in [0.1, 0.15) is 11.4 Å². The lowest BCUT2D eigenvalue weighted by Gasteiger charge is -2.39. The fourth-order valence-corrected chi connectivity index (χ4v) is 4.98. The van der Waals surface area contributed by atoms with E-state index in [0.717, 1.165) is 18.4 Å². The molecule has 37 heavy (non-hydrogen) atoms. The van der Waals surface area contributed by atoms with Crippen molar-refractivity contribution >= 4 is 17.6 Å². The van der Waals surface area contributed by atoms with Gasteiger partial charge in [-0.1, -0.05) is 76.6 Å². The van der Waals surface area contributed by atoms with Crippen LogP contribution >= 0.6 is 0 Å². The van der Waals surface area contributed by atoms with Crippen molar-refractivity contribution in [3.8, 4) is 0 Å². The number of carbonyl (C=O) groups is 1. The molecule has 2 N–H and O–H groups in total. The molecule has 3 rings (SSSR count). The summed E-state index contributed by atoms with van der Waals surface area (Å²) in [7, 11) is 1.79. The minimum Gasteiger partial charge on any atom is -0.325 e. The van der Waals surface area contributed by atoms with Gasteiger partial charge in [0, 0.05) is 31.9 Å². The molecular weight excluding hydrogens is 461 g/mol.